The topological polar surface area (TPSA) is 129 Å². The monoisotopic (exact) mass is 868 g/mol. The Labute approximate surface area is 371 Å². The van der Waals surface area contributed by atoms with Crippen molar-refractivity contribution in [2.24, 2.45) is 22.9 Å². The number of halogens is 1. The highest BCUT2D eigenvalue weighted by molar-refractivity contribution is 6.03. The summed E-state index contributed by atoms with van der Waals surface area (Å²) < 4.78 is 47.2. The van der Waals surface area contributed by atoms with Crippen LogP contribution in [-0.4, -0.2) is 84.9 Å². The van der Waals surface area contributed by atoms with Gasteiger partial charge in [0.15, 0.2) is 0 Å². The van der Waals surface area contributed by atoms with Crippen molar-refractivity contribution in [3.05, 3.63) is 114 Å². The number of carbonyl (C=O) groups excluding carboxylic acids is 1. The van der Waals surface area contributed by atoms with Crippen molar-refractivity contribution in [1.82, 2.24) is 4.90 Å². The largest absolute Gasteiger partial charge is 0.497 e. The van der Waals surface area contributed by atoms with Gasteiger partial charge in [-0.2, -0.15) is 0 Å². The lowest BCUT2D eigenvalue weighted by atomic mass is 9.55. The number of rotatable bonds is 22. The average Bonchev–Trinajstić information content (AvgIpc) is 3.30. The molecule has 7 atom stereocenters. The van der Waals surface area contributed by atoms with Gasteiger partial charge in [-0.15, -0.1) is 6.58 Å². The summed E-state index contributed by atoms with van der Waals surface area (Å²) in [6, 6.07) is 19.3. The van der Waals surface area contributed by atoms with E-state index in [0.717, 1.165) is 67.4 Å². The molecule has 4 aliphatic rings. The van der Waals surface area contributed by atoms with Crippen molar-refractivity contribution >= 4 is 11.6 Å². The Hall–Kier alpha value is -4.75. The van der Waals surface area contributed by atoms with Crippen LogP contribution in [-0.2, 0) is 32.1 Å². The molecule has 2 aliphatic carbocycles. The number of hydrogen-bond donors (Lipinski definition) is 2. The molecule has 0 aromatic heterocycles. The summed E-state index contributed by atoms with van der Waals surface area (Å²) in [4.78, 5) is 23.2. The van der Waals surface area contributed by atoms with Crippen LogP contribution in [0.25, 0.3) is 0 Å². The number of aliphatic hydroxyl groups is 2. The van der Waals surface area contributed by atoms with E-state index in [1.807, 2.05) is 47.4 Å². The molecule has 2 aliphatic heterocycles. The average molecular weight is 869 g/mol. The SMILES string of the molecule is C=CCOC12Oc3ccc(OCc4ccccc4F)cc3C3C(CCCCO)C(CCCCO)C=C(C(=NOC4CCCCO4)CC1N(CCC)C(=O)Cc1cccc(OC)c1)C32. The number of oxime groups is 1. The lowest BCUT2D eigenvalue weighted by molar-refractivity contribution is -0.257. The molecule has 1 amide bonds. The first-order valence-electron chi connectivity index (χ1n) is 23.0. The van der Waals surface area contributed by atoms with E-state index in [2.05, 4.69) is 19.6 Å². The van der Waals surface area contributed by atoms with Gasteiger partial charge in [0.05, 0.1) is 38.4 Å². The summed E-state index contributed by atoms with van der Waals surface area (Å²) in [5.41, 5.74) is 3.87. The van der Waals surface area contributed by atoms with Crippen LogP contribution >= 0.6 is 0 Å². The third kappa shape index (κ3) is 10.6. The summed E-state index contributed by atoms with van der Waals surface area (Å²) >= 11 is 0. The highest BCUT2D eigenvalue weighted by atomic mass is 19.1. The minimum absolute atomic E-state index is 0.0369. The van der Waals surface area contributed by atoms with Gasteiger partial charge in [-0.3, -0.25) is 4.79 Å². The van der Waals surface area contributed by atoms with Gasteiger partial charge in [-0.05, 0) is 104 Å². The first-order chi connectivity index (χ1) is 30.8. The van der Waals surface area contributed by atoms with Gasteiger partial charge in [-0.25, -0.2) is 4.39 Å². The maximum Gasteiger partial charge on any atom is 0.239 e. The molecular formula is C51H65FN2O9. The summed E-state index contributed by atoms with van der Waals surface area (Å²) in [6.07, 6.45) is 11.9. The highest BCUT2D eigenvalue weighted by Gasteiger charge is 2.65. The van der Waals surface area contributed by atoms with Crippen LogP contribution in [0.1, 0.15) is 100 Å². The molecule has 340 valence electrons. The second-order valence-corrected chi connectivity index (χ2v) is 17.2. The maximum atomic E-state index is 15.0. The second-order valence-electron chi connectivity index (χ2n) is 17.2. The van der Waals surface area contributed by atoms with E-state index < -0.39 is 24.0 Å². The number of methoxy groups -OCH3 is 1. The summed E-state index contributed by atoms with van der Waals surface area (Å²) in [5.74, 6) is -0.552. The first-order valence-corrected chi connectivity index (χ1v) is 23.0. The van der Waals surface area contributed by atoms with Gasteiger partial charge in [0.25, 0.3) is 0 Å². The molecule has 63 heavy (non-hydrogen) atoms. The number of hydrogen-bond acceptors (Lipinski definition) is 10. The Morgan fingerprint density at radius 1 is 1.02 bits per heavy atom. The molecule has 0 spiro atoms. The number of nitrogens with zero attached hydrogens (tertiary/aromatic N) is 2. The predicted molar refractivity (Wildman–Crippen MR) is 239 cm³/mol. The molecule has 2 heterocycles. The number of allylic oxidation sites excluding steroid dienone is 1. The lowest BCUT2D eigenvalue weighted by Gasteiger charge is -2.60. The van der Waals surface area contributed by atoms with E-state index in [1.165, 1.54) is 6.07 Å². The zero-order valence-electron chi connectivity index (χ0n) is 36.9. The van der Waals surface area contributed by atoms with Crippen LogP contribution in [0, 0.1) is 23.6 Å². The zero-order chi connectivity index (χ0) is 44.2. The second kappa shape index (κ2) is 22.2. The molecule has 7 unspecified atom stereocenters. The smallest absolute Gasteiger partial charge is 0.239 e. The fraction of sp³-hybridized carbons (Fsp3) is 0.529. The quantitative estimate of drug-likeness (QED) is 0.0578. The predicted octanol–water partition coefficient (Wildman–Crippen LogP) is 9.05. The number of aliphatic hydroxyl groups excluding tert-OH is 2. The standard InChI is InChI=1S/C51H65FN2O9/c1-4-24-54(47(57)30-35-15-14-18-38(29-35)58-3)46-33-44(53-63-48-21-10-13-28-59-48)41-31-36(16-8-11-25-55)40(19-9-12-26-56)49-42-32-39(60-34-37-17-6-7-20-43(37)52)22-23-45(42)62-51(46,50(41)49)61-27-5-2/h5-7,14-15,17-18,20,22-23,29,31-32,36,40,46,48-50,55-56H,2,4,8-13,16,19,21,24-28,30,33-34H2,1,3H3. The van der Waals surface area contributed by atoms with Gasteiger partial charge < -0.3 is 43.6 Å². The Morgan fingerprint density at radius 3 is 2.59 bits per heavy atom. The van der Waals surface area contributed by atoms with Crippen LogP contribution in [0.3, 0.4) is 0 Å². The molecule has 11 nitrogen and oxygen atoms in total. The molecule has 3 aromatic carbocycles. The lowest BCUT2D eigenvalue weighted by Crippen LogP contribution is -2.70. The van der Waals surface area contributed by atoms with Crippen molar-refractivity contribution in [2.75, 3.05) is 40.1 Å². The Kier molecular flexibility index (Phi) is 16.3. The van der Waals surface area contributed by atoms with Gasteiger partial charge >= 0.3 is 0 Å². The number of benzene rings is 3. The number of unbranched alkanes of at least 4 members (excludes halogenated alkanes) is 2. The van der Waals surface area contributed by atoms with Gasteiger partial charge in [-0.1, -0.05) is 67.4 Å². The molecule has 0 radical (unpaired) electrons. The van der Waals surface area contributed by atoms with Gasteiger partial charge in [0, 0.05) is 49.6 Å². The molecular weight excluding hydrogens is 804 g/mol. The fourth-order valence-corrected chi connectivity index (χ4v) is 10.2. The summed E-state index contributed by atoms with van der Waals surface area (Å²) in [5, 5.41) is 24.9. The van der Waals surface area contributed by atoms with Crippen molar-refractivity contribution in [3.8, 4) is 17.2 Å². The summed E-state index contributed by atoms with van der Waals surface area (Å²) in [6.45, 7) is 7.54. The van der Waals surface area contributed by atoms with Crippen molar-refractivity contribution in [2.45, 2.75) is 115 Å². The van der Waals surface area contributed by atoms with Crippen molar-refractivity contribution in [1.29, 1.82) is 0 Å². The molecule has 7 rings (SSSR count). The van der Waals surface area contributed by atoms with Crippen molar-refractivity contribution < 1.29 is 47.9 Å². The number of carbonyl (C=O) groups is 1. The van der Waals surface area contributed by atoms with E-state index in [4.69, 9.17) is 33.7 Å². The number of fused-ring (bicyclic) bond motifs is 2. The molecule has 2 fully saturated rings. The van der Waals surface area contributed by atoms with Crippen LogP contribution < -0.4 is 14.2 Å². The normalized spacial score (nSPS) is 25.5. The van der Waals surface area contributed by atoms with Crippen LogP contribution in [0.4, 0.5) is 4.39 Å². The minimum Gasteiger partial charge on any atom is -0.497 e. The molecule has 1 saturated heterocycles. The minimum atomic E-state index is -1.39. The Bertz CT molecular complexity index is 2050. The van der Waals surface area contributed by atoms with Crippen molar-refractivity contribution in [3.63, 3.8) is 0 Å². The van der Waals surface area contributed by atoms with Crippen LogP contribution in [0.5, 0.6) is 17.2 Å². The molecule has 2 N–H and O–H groups in total. The van der Waals surface area contributed by atoms with E-state index >= 15 is 0 Å². The van der Waals surface area contributed by atoms with E-state index in [0.29, 0.717) is 61.6 Å². The summed E-state index contributed by atoms with van der Waals surface area (Å²) in [7, 11) is 1.62. The van der Waals surface area contributed by atoms with E-state index in [-0.39, 0.29) is 62.3 Å². The molecule has 0 bridgehead atoms. The zero-order valence-corrected chi connectivity index (χ0v) is 36.9. The highest BCUT2D eigenvalue weighted by Crippen LogP contribution is 2.62. The third-order valence-corrected chi connectivity index (χ3v) is 13.1. The maximum absolute atomic E-state index is 15.0. The molecule has 3 aromatic rings. The molecule has 1 saturated carbocycles. The van der Waals surface area contributed by atoms with Crippen LogP contribution in [0.15, 0.2) is 96.2 Å². The molecule has 12 heteroatoms. The van der Waals surface area contributed by atoms with Gasteiger partial charge in [0.1, 0.15) is 35.7 Å². The van der Waals surface area contributed by atoms with E-state index in [9.17, 15) is 19.4 Å². The number of amides is 1. The van der Waals surface area contributed by atoms with Gasteiger partial charge in [0.2, 0.25) is 18.0 Å². The number of ether oxygens (including phenoxy) is 5. The first kappa shape index (κ1) is 46.2. The Morgan fingerprint density at radius 2 is 1.84 bits per heavy atom. The van der Waals surface area contributed by atoms with E-state index in [1.54, 1.807) is 31.4 Å². The third-order valence-electron chi connectivity index (χ3n) is 13.1. The van der Waals surface area contributed by atoms with Crippen LogP contribution in [0.2, 0.25) is 0 Å². The fourth-order valence-electron chi connectivity index (χ4n) is 10.2. The Balaban J connectivity index is 1.41.